The Hall–Kier alpha value is -1.97. The molecular formula is C18H25N3O5S. The van der Waals surface area contributed by atoms with Crippen molar-refractivity contribution in [2.45, 2.75) is 23.8 Å². The summed E-state index contributed by atoms with van der Waals surface area (Å²) in [6.45, 7) is 1.76. The van der Waals surface area contributed by atoms with Gasteiger partial charge >= 0.3 is 5.97 Å². The standard InChI is InChI=1S/C18H25N3O5S/c1-26-18(23)16-13-20(27(24,25)15-5-3-2-4-6-15)11-12-21(16)17(22)14-7-9-19-10-8-14/h2-6,14,16,19H,7-13H2,1H3/t16-/m0/s1. The Morgan fingerprint density at radius 2 is 1.78 bits per heavy atom. The van der Waals surface area contributed by atoms with E-state index in [1.165, 1.54) is 28.4 Å². The van der Waals surface area contributed by atoms with Gasteiger partial charge in [0, 0.05) is 25.6 Å². The molecule has 2 saturated heterocycles. The molecule has 8 nitrogen and oxygen atoms in total. The summed E-state index contributed by atoms with van der Waals surface area (Å²) in [5.74, 6) is -0.829. The van der Waals surface area contributed by atoms with Crippen molar-refractivity contribution < 1.29 is 22.7 Å². The normalized spacial score (nSPS) is 22.4. The first-order valence-corrected chi connectivity index (χ1v) is 10.5. The number of carbonyl (C=O) groups is 2. The smallest absolute Gasteiger partial charge is 0.329 e. The summed E-state index contributed by atoms with van der Waals surface area (Å²) in [6.07, 6.45) is 1.44. The summed E-state index contributed by atoms with van der Waals surface area (Å²) in [7, 11) is -2.48. The predicted molar refractivity (Wildman–Crippen MR) is 98.3 cm³/mol. The van der Waals surface area contributed by atoms with Gasteiger partial charge < -0.3 is 15.0 Å². The van der Waals surface area contributed by atoms with Crippen LogP contribution >= 0.6 is 0 Å². The van der Waals surface area contributed by atoms with Gasteiger partial charge in [-0.25, -0.2) is 13.2 Å². The van der Waals surface area contributed by atoms with Crippen LogP contribution in [0.5, 0.6) is 0 Å². The predicted octanol–water partition coefficient (Wildman–Crippen LogP) is 0.0607. The first-order chi connectivity index (χ1) is 12.9. The Kier molecular flexibility index (Phi) is 6.13. The lowest BCUT2D eigenvalue weighted by Gasteiger charge is -2.41. The van der Waals surface area contributed by atoms with Crippen LogP contribution in [0.1, 0.15) is 12.8 Å². The fraction of sp³-hybridized carbons (Fsp3) is 0.556. The Bertz CT molecular complexity index is 777. The lowest BCUT2D eigenvalue weighted by Crippen LogP contribution is -2.60. The summed E-state index contributed by atoms with van der Waals surface area (Å²) in [4.78, 5) is 26.9. The first kappa shape index (κ1) is 19.8. The average Bonchev–Trinajstić information content (AvgIpc) is 2.73. The molecule has 1 aromatic rings. The van der Waals surface area contributed by atoms with Crippen LogP contribution in [0.4, 0.5) is 0 Å². The van der Waals surface area contributed by atoms with E-state index in [-0.39, 0.29) is 36.4 Å². The number of ether oxygens (including phenoxy) is 1. The third-order valence-electron chi connectivity index (χ3n) is 5.17. The van der Waals surface area contributed by atoms with Crippen molar-refractivity contribution in [2.75, 3.05) is 39.8 Å². The number of piperidine rings is 1. The number of methoxy groups -OCH3 is 1. The van der Waals surface area contributed by atoms with E-state index >= 15 is 0 Å². The van der Waals surface area contributed by atoms with Crippen LogP contribution < -0.4 is 5.32 Å². The monoisotopic (exact) mass is 395 g/mol. The van der Waals surface area contributed by atoms with E-state index in [4.69, 9.17) is 4.74 Å². The largest absolute Gasteiger partial charge is 0.467 e. The van der Waals surface area contributed by atoms with Gasteiger partial charge in [-0.2, -0.15) is 4.31 Å². The Morgan fingerprint density at radius 3 is 2.41 bits per heavy atom. The van der Waals surface area contributed by atoms with E-state index in [9.17, 15) is 18.0 Å². The van der Waals surface area contributed by atoms with E-state index in [0.717, 1.165) is 25.9 Å². The minimum Gasteiger partial charge on any atom is -0.467 e. The van der Waals surface area contributed by atoms with Gasteiger partial charge in [-0.3, -0.25) is 4.79 Å². The zero-order chi connectivity index (χ0) is 19.4. The number of benzene rings is 1. The summed E-state index contributed by atoms with van der Waals surface area (Å²) < 4.78 is 31.9. The second-order valence-electron chi connectivity index (χ2n) is 6.77. The number of sulfonamides is 1. The highest BCUT2D eigenvalue weighted by Gasteiger charge is 2.42. The van der Waals surface area contributed by atoms with E-state index in [1.54, 1.807) is 18.2 Å². The topological polar surface area (TPSA) is 96.0 Å². The fourth-order valence-corrected chi connectivity index (χ4v) is 5.08. The van der Waals surface area contributed by atoms with Gasteiger partial charge in [-0.15, -0.1) is 0 Å². The molecule has 1 aromatic carbocycles. The number of hydrogen-bond donors (Lipinski definition) is 1. The molecule has 2 aliphatic rings. The minimum absolute atomic E-state index is 0.0938. The first-order valence-electron chi connectivity index (χ1n) is 9.09. The molecule has 0 bridgehead atoms. The van der Waals surface area contributed by atoms with Gasteiger partial charge in [0.15, 0.2) is 0 Å². The number of nitrogens with zero attached hydrogens (tertiary/aromatic N) is 2. The summed E-state index contributed by atoms with van der Waals surface area (Å²) in [5.41, 5.74) is 0. The van der Waals surface area contributed by atoms with Crippen LogP contribution in [0.15, 0.2) is 35.2 Å². The molecule has 0 aliphatic carbocycles. The molecule has 0 radical (unpaired) electrons. The molecule has 148 valence electrons. The molecule has 0 unspecified atom stereocenters. The quantitative estimate of drug-likeness (QED) is 0.725. The zero-order valence-corrected chi connectivity index (χ0v) is 16.2. The maximum absolute atomic E-state index is 12.9. The van der Waals surface area contributed by atoms with Crippen LogP contribution in [0, 0.1) is 5.92 Å². The van der Waals surface area contributed by atoms with Crippen molar-refractivity contribution >= 4 is 21.9 Å². The Labute approximate surface area is 159 Å². The molecule has 3 rings (SSSR count). The van der Waals surface area contributed by atoms with Gasteiger partial charge in [0.05, 0.1) is 12.0 Å². The number of esters is 1. The van der Waals surface area contributed by atoms with Crippen LogP contribution in [0.3, 0.4) is 0 Å². The number of hydrogen-bond acceptors (Lipinski definition) is 6. The lowest BCUT2D eigenvalue weighted by atomic mass is 9.95. The van der Waals surface area contributed by atoms with E-state index in [2.05, 4.69) is 5.32 Å². The molecule has 1 N–H and O–H groups in total. The number of carbonyl (C=O) groups excluding carboxylic acids is 2. The van der Waals surface area contributed by atoms with Gasteiger partial charge in [-0.05, 0) is 38.1 Å². The van der Waals surface area contributed by atoms with E-state index < -0.39 is 22.0 Å². The van der Waals surface area contributed by atoms with Crippen LogP contribution in [0.25, 0.3) is 0 Å². The highest BCUT2D eigenvalue weighted by Crippen LogP contribution is 2.24. The number of amides is 1. The molecule has 2 aliphatic heterocycles. The fourth-order valence-electron chi connectivity index (χ4n) is 3.62. The Morgan fingerprint density at radius 1 is 1.11 bits per heavy atom. The molecule has 0 spiro atoms. The molecule has 1 amide bonds. The molecule has 27 heavy (non-hydrogen) atoms. The number of rotatable bonds is 4. The van der Waals surface area contributed by atoms with Crippen LogP contribution in [0.2, 0.25) is 0 Å². The highest BCUT2D eigenvalue weighted by molar-refractivity contribution is 7.89. The molecule has 2 heterocycles. The molecule has 2 fully saturated rings. The van der Waals surface area contributed by atoms with Crippen LogP contribution in [-0.2, 0) is 24.3 Å². The second-order valence-corrected chi connectivity index (χ2v) is 8.71. The van der Waals surface area contributed by atoms with Gasteiger partial charge in [0.25, 0.3) is 0 Å². The van der Waals surface area contributed by atoms with Crippen molar-refractivity contribution in [3.05, 3.63) is 30.3 Å². The van der Waals surface area contributed by atoms with Crippen molar-refractivity contribution in [3.63, 3.8) is 0 Å². The van der Waals surface area contributed by atoms with Gasteiger partial charge in [-0.1, -0.05) is 18.2 Å². The van der Waals surface area contributed by atoms with Crippen molar-refractivity contribution in [3.8, 4) is 0 Å². The average molecular weight is 395 g/mol. The molecule has 0 aromatic heterocycles. The lowest BCUT2D eigenvalue weighted by molar-refractivity contribution is -0.157. The molecule has 9 heteroatoms. The minimum atomic E-state index is -3.73. The van der Waals surface area contributed by atoms with Crippen molar-refractivity contribution in [1.82, 2.24) is 14.5 Å². The van der Waals surface area contributed by atoms with Crippen molar-refractivity contribution in [2.24, 2.45) is 5.92 Å². The summed E-state index contributed by atoms with van der Waals surface area (Å²) in [5, 5.41) is 3.21. The Balaban J connectivity index is 1.80. The van der Waals surface area contributed by atoms with E-state index in [1.807, 2.05) is 0 Å². The third kappa shape index (κ3) is 4.15. The SMILES string of the molecule is COC(=O)[C@@H]1CN(S(=O)(=O)c2ccccc2)CCN1C(=O)C1CCNCC1. The molecule has 1 atom stereocenters. The number of piperazine rings is 1. The molecule has 0 saturated carbocycles. The van der Waals surface area contributed by atoms with Gasteiger partial charge in [0.2, 0.25) is 15.9 Å². The van der Waals surface area contributed by atoms with E-state index in [0.29, 0.717) is 0 Å². The second kappa shape index (κ2) is 8.37. The summed E-state index contributed by atoms with van der Waals surface area (Å²) >= 11 is 0. The molecular weight excluding hydrogens is 370 g/mol. The van der Waals surface area contributed by atoms with Crippen molar-refractivity contribution in [1.29, 1.82) is 0 Å². The summed E-state index contributed by atoms with van der Waals surface area (Å²) in [6, 6.07) is 7.17. The maximum Gasteiger partial charge on any atom is 0.329 e. The highest BCUT2D eigenvalue weighted by atomic mass is 32.2. The zero-order valence-electron chi connectivity index (χ0n) is 15.3. The van der Waals surface area contributed by atoms with Gasteiger partial charge in [0.1, 0.15) is 6.04 Å². The number of nitrogens with one attached hydrogen (secondary N) is 1. The van der Waals surface area contributed by atoms with Crippen LogP contribution in [-0.4, -0.2) is 75.4 Å². The maximum atomic E-state index is 12.9. The third-order valence-corrected chi connectivity index (χ3v) is 7.05.